The number of carbonyl (C=O) groups is 2. The molecule has 0 aliphatic rings. The van der Waals surface area contributed by atoms with Crippen LogP contribution in [0.4, 0.5) is 10.1 Å². The predicted octanol–water partition coefficient (Wildman–Crippen LogP) is 2.66. The molecule has 2 aromatic rings. The summed E-state index contributed by atoms with van der Waals surface area (Å²) in [5.41, 5.74) is 6.85. The zero-order valence-electron chi connectivity index (χ0n) is 13.6. The molecule has 2 rings (SSSR count). The van der Waals surface area contributed by atoms with E-state index in [-0.39, 0.29) is 24.3 Å². The number of benzene rings is 2. The number of halogens is 1. The lowest BCUT2D eigenvalue weighted by Gasteiger charge is -2.23. The Kier molecular flexibility index (Phi) is 5.52. The van der Waals surface area contributed by atoms with Crippen molar-refractivity contribution in [2.24, 2.45) is 5.73 Å². The minimum atomic E-state index is -0.543. The summed E-state index contributed by atoms with van der Waals surface area (Å²) in [7, 11) is 1.41. The fraction of sp³-hybridized carbons (Fsp3) is 0.222. The number of nitrogens with two attached hydrogens (primary N) is 1. The quantitative estimate of drug-likeness (QED) is 0.885. The van der Waals surface area contributed by atoms with Crippen LogP contribution in [0.2, 0.25) is 0 Å². The zero-order chi connectivity index (χ0) is 17.7. The maximum absolute atomic E-state index is 13.6. The molecule has 5 nitrogen and oxygen atoms in total. The third-order valence-corrected chi connectivity index (χ3v) is 3.53. The Balaban J connectivity index is 2.44. The molecule has 0 aliphatic heterocycles. The Morgan fingerprint density at radius 3 is 2.58 bits per heavy atom. The number of amides is 2. The monoisotopic (exact) mass is 330 g/mol. The molecule has 0 aliphatic carbocycles. The molecule has 6 heteroatoms. The Morgan fingerprint density at radius 2 is 1.96 bits per heavy atom. The summed E-state index contributed by atoms with van der Waals surface area (Å²) < 4.78 is 18.7. The van der Waals surface area contributed by atoms with E-state index in [9.17, 15) is 14.0 Å². The Labute approximate surface area is 139 Å². The number of rotatable bonds is 6. The first-order chi connectivity index (χ1) is 11.4. The van der Waals surface area contributed by atoms with Crippen LogP contribution in [-0.4, -0.2) is 25.5 Å². The molecule has 0 saturated heterocycles. The minimum absolute atomic E-state index is 0.00267. The summed E-state index contributed by atoms with van der Waals surface area (Å²) in [6.45, 7) is 1.99. The molecule has 2 amide bonds. The van der Waals surface area contributed by atoms with Gasteiger partial charge in [-0.05, 0) is 42.8 Å². The van der Waals surface area contributed by atoms with Gasteiger partial charge in [-0.3, -0.25) is 9.59 Å². The highest BCUT2D eigenvalue weighted by atomic mass is 19.1. The third kappa shape index (κ3) is 4.10. The van der Waals surface area contributed by atoms with Crippen LogP contribution in [0.15, 0.2) is 42.5 Å². The first-order valence-corrected chi connectivity index (χ1v) is 7.42. The van der Waals surface area contributed by atoms with E-state index in [2.05, 4.69) is 0 Å². The smallest absolute Gasteiger partial charge is 0.262 e. The number of hydrogen-bond donors (Lipinski definition) is 1. The number of nitrogens with zero attached hydrogens (tertiary/aromatic N) is 1. The average Bonchev–Trinajstić information content (AvgIpc) is 2.54. The minimum Gasteiger partial charge on any atom is -0.496 e. The first kappa shape index (κ1) is 17.5. The molecule has 0 radical (unpaired) electrons. The highest BCUT2D eigenvalue weighted by molar-refractivity contribution is 6.08. The van der Waals surface area contributed by atoms with Gasteiger partial charge in [0, 0.05) is 18.7 Å². The molecular weight excluding hydrogens is 311 g/mol. The van der Waals surface area contributed by atoms with Gasteiger partial charge in [0.2, 0.25) is 5.91 Å². The van der Waals surface area contributed by atoms with Crippen LogP contribution in [0.5, 0.6) is 5.75 Å². The van der Waals surface area contributed by atoms with Crippen molar-refractivity contribution in [2.75, 3.05) is 18.6 Å². The Morgan fingerprint density at radius 1 is 1.21 bits per heavy atom. The fourth-order valence-electron chi connectivity index (χ4n) is 2.36. The maximum Gasteiger partial charge on any atom is 0.262 e. The molecule has 0 atom stereocenters. The maximum atomic E-state index is 13.6. The van der Waals surface area contributed by atoms with Crippen molar-refractivity contribution in [3.8, 4) is 5.75 Å². The van der Waals surface area contributed by atoms with Crippen LogP contribution in [0.1, 0.15) is 22.3 Å². The Hall–Kier alpha value is -2.89. The number of anilines is 1. The molecule has 0 saturated carbocycles. The van der Waals surface area contributed by atoms with E-state index in [1.54, 1.807) is 12.1 Å². The van der Waals surface area contributed by atoms with E-state index in [0.717, 1.165) is 11.6 Å². The summed E-state index contributed by atoms with van der Waals surface area (Å²) in [6.07, 6.45) is -0.00267. The largest absolute Gasteiger partial charge is 0.496 e. The van der Waals surface area contributed by atoms with Gasteiger partial charge in [0.25, 0.3) is 5.91 Å². The SMILES string of the molecule is COc1ccc(F)cc1C(=O)N(CCC(N)=O)c1cccc(C)c1. The second-order valence-electron chi connectivity index (χ2n) is 5.36. The van der Waals surface area contributed by atoms with Crippen molar-refractivity contribution in [1.82, 2.24) is 0 Å². The molecule has 126 valence electrons. The summed E-state index contributed by atoms with van der Waals surface area (Å²) in [5, 5.41) is 0. The van der Waals surface area contributed by atoms with Gasteiger partial charge in [0.05, 0.1) is 12.7 Å². The molecule has 24 heavy (non-hydrogen) atoms. The number of hydrogen-bond acceptors (Lipinski definition) is 3. The van der Waals surface area contributed by atoms with E-state index >= 15 is 0 Å². The predicted molar refractivity (Wildman–Crippen MR) is 89.6 cm³/mol. The van der Waals surface area contributed by atoms with Crippen molar-refractivity contribution >= 4 is 17.5 Å². The molecular formula is C18H19FN2O3. The van der Waals surface area contributed by atoms with Crippen LogP contribution in [0, 0.1) is 12.7 Å². The molecule has 2 N–H and O–H groups in total. The van der Waals surface area contributed by atoms with Crippen molar-refractivity contribution in [2.45, 2.75) is 13.3 Å². The summed E-state index contributed by atoms with van der Waals surface area (Å²) >= 11 is 0. The Bertz CT molecular complexity index is 762. The molecule has 0 heterocycles. The number of carbonyl (C=O) groups excluding carboxylic acids is 2. The van der Waals surface area contributed by atoms with Crippen LogP contribution < -0.4 is 15.4 Å². The van der Waals surface area contributed by atoms with Gasteiger partial charge < -0.3 is 15.4 Å². The molecule has 0 aromatic heterocycles. The molecule has 0 bridgehead atoms. The van der Waals surface area contributed by atoms with Crippen LogP contribution >= 0.6 is 0 Å². The number of aryl methyl sites for hydroxylation is 1. The highest BCUT2D eigenvalue weighted by Crippen LogP contribution is 2.25. The van der Waals surface area contributed by atoms with E-state index in [1.165, 1.54) is 24.1 Å². The summed E-state index contributed by atoms with van der Waals surface area (Å²) in [5.74, 6) is -1.26. The van der Waals surface area contributed by atoms with E-state index in [1.807, 2.05) is 19.1 Å². The number of ether oxygens (including phenoxy) is 1. The van der Waals surface area contributed by atoms with Gasteiger partial charge in [0.1, 0.15) is 11.6 Å². The summed E-state index contributed by atoms with van der Waals surface area (Å²) in [4.78, 5) is 25.5. The second-order valence-corrected chi connectivity index (χ2v) is 5.36. The molecule has 0 fully saturated rings. The molecule has 2 aromatic carbocycles. The van der Waals surface area contributed by atoms with Crippen LogP contribution in [0.25, 0.3) is 0 Å². The lowest BCUT2D eigenvalue weighted by molar-refractivity contribution is -0.117. The standard InChI is InChI=1S/C18H19FN2O3/c1-12-4-3-5-14(10-12)21(9-8-17(20)22)18(23)15-11-13(19)6-7-16(15)24-2/h3-7,10-11H,8-9H2,1-2H3,(H2,20,22). The van der Waals surface area contributed by atoms with Gasteiger partial charge in [-0.1, -0.05) is 12.1 Å². The average molecular weight is 330 g/mol. The van der Waals surface area contributed by atoms with Gasteiger partial charge in [-0.25, -0.2) is 4.39 Å². The second kappa shape index (κ2) is 7.59. The van der Waals surface area contributed by atoms with Crippen LogP contribution in [-0.2, 0) is 4.79 Å². The van der Waals surface area contributed by atoms with Crippen molar-refractivity contribution < 1.29 is 18.7 Å². The zero-order valence-corrected chi connectivity index (χ0v) is 13.6. The van der Waals surface area contributed by atoms with E-state index < -0.39 is 17.6 Å². The van der Waals surface area contributed by atoms with Crippen LogP contribution in [0.3, 0.4) is 0 Å². The molecule has 0 unspecified atom stereocenters. The summed E-state index contributed by atoms with van der Waals surface area (Å²) in [6, 6.07) is 11.0. The van der Waals surface area contributed by atoms with Gasteiger partial charge in [0.15, 0.2) is 0 Å². The van der Waals surface area contributed by atoms with E-state index in [0.29, 0.717) is 5.69 Å². The lowest BCUT2D eigenvalue weighted by atomic mass is 10.1. The normalized spacial score (nSPS) is 10.3. The third-order valence-electron chi connectivity index (χ3n) is 3.53. The van der Waals surface area contributed by atoms with Gasteiger partial charge in [-0.2, -0.15) is 0 Å². The number of primary amides is 1. The first-order valence-electron chi connectivity index (χ1n) is 7.42. The van der Waals surface area contributed by atoms with Crippen molar-refractivity contribution in [1.29, 1.82) is 0 Å². The molecule has 0 spiro atoms. The lowest BCUT2D eigenvalue weighted by Crippen LogP contribution is -2.34. The van der Waals surface area contributed by atoms with E-state index in [4.69, 9.17) is 10.5 Å². The van der Waals surface area contributed by atoms with Gasteiger partial charge in [-0.15, -0.1) is 0 Å². The highest BCUT2D eigenvalue weighted by Gasteiger charge is 2.22. The fourth-order valence-corrected chi connectivity index (χ4v) is 2.36. The van der Waals surface area contributed by atoms with Crippen molar-refractivity contribution in [3.05, 3.63) is 59.4 Å². The number of methoxy groups -OCH3 is 1. The van der Waals surface area contributed by atoms with Gasteiger partial charge >= 0.3 is 0 Å². The topological polar surface area (TPSA) is 72.6 Å². The van der Waals surface area contributed by atoms with Crippen molar-refractivity contribution in [3.63, 3.8) is 0 Å².